The van der Waals surface area contributed by atoms with Crippen LogP contribution in [0, 0.1) is 0 Å². The third-order valence-corrected chi connectivity index (χ3v) is 3.39. The molecule has 2 N–H and O–H groups in total. The van der Waals surface area contributed by atoms with Crippen LogP contribution in [-0.2, 0) is 6.42 Å². The second kappa shape index (κ2) is 4.38. The van der Waals surface area contributed by atoms with E-state index in [2.05, 4.69) is 22.0 Å². The second-order valence-electron chi connectivity index (χ2n) is 4.72. The molecular formula is C13H15N5O. The Morgan fingerprint density at radius 2 is 2.26 bits per heavy atom. The number of carbonyl (C=O) groups excluding carboxylic acids is 1. The minimum Gasteiger partial charge on any atom is -0.374 e. The van der Waals surface area contributed by atoms with Crippen molar-refractivity contribution in [3.8, 4) is 0 Å². The highest BCUT2D eigenvalue weighted by Gasteiger charge is 2.17. The quantitative estimate of drug-likeness (QED) is 0.822. The molecule has 0 spiro atoms. The Morgan fingerprint density at radius 3 is 3.00 bits per heavy atom. The zero-order valence-corrected chi connectivity index (χ0v) is 10.7. The molecule has 1 aliphatic rings. The van der Waals surface area contributed by atoms with Gasteiger partial charge in [0.05, 0.1) is 0 Å². The number of hydrogen-bond acceptors (Lipinski definition) is 5. The third-order valence-electron chi connectivity index (χ3n) is 3.39. The molecule has 0 atom stereocenters. The second-order valence-corrected chi connectivity index (χ2v) is 4.72. The van der Waals surface area contributed by atoms with E-state index in [4.69, 9.17) is 5.73 Å². The molecule has 0 bridgehead atoms. The van der Waals surface area contributed by atoms with E-state index in [1.54, 1.807) is 0 Å². The lowest BCUT2D eigenvalue weighted by molar-refractivity contribution is 0.0945. The summed E-state index contributed by atoms with van der Waals surface area (Å²) < 4.78 is 1.17. The third kappa shape index (κ3) is 2.05. The smallest absolute Gasteiger partial charge is 0.279 e. The zero-order valence-electron chi connectivity index (χ0n) is 10.7. The molecule has 6 heteroatoms. The summed E-state index contributed by atoms with van der Waals surface area (Å²) in [5.41, 5.74) is 8.43. The predicted octanol–water partition coefficient (Wildman–Crippen LogP) is 0.931. The number of benzene rings is 1. The Bertz CT molecular complexity index is 634. The lowest BCUT2D eigenvalue weighted by Crippen LogP contribution is -2.25. The number of nitrogens with zero attached hydrogens (tertiary/aromatic N) is 4. The summed E-state index contributed by atoms with van der Waals surface area (Å²) in [6.07, 6.45) is 3.45. The first-order chi connectivity index (χ1) is 9.15. The van der Waals surface area contributed by atoms with Crippen LogP contribution in [0.5, 0.6) is 0 Å². The van der Waals surface area contributed by atoms with Crippen molar-refractivity contribution in [1.29, 1.82) is 0 Å². The summed E-state index contributed by atoms with van der Waals surface area (Å²) in [5, 5.41) is 3.84. The standard InChI is InChI=1S/C13H15N5O/c1-17-6-2-3-9-7-10(4-5-11(9)17)12(19)18-8-15-13(14)16-18/h4-5,7-8H,2-3,6H2,1H3,(H2,14,16). The highest BCUT2D eigenvalue weighted by Crippen LogP contribution is 2.26. The van der Waals surface area contributed by atoms with Gasteiger partial charge in [-0.05, 0) is 36.6 Å². The Hall–Kier alpha value is -2.37. The summed E-state index contributed by atoms with van der Waals surface area (Å²) in [7, 11) is 2.07. The minimum absolute atomic E-state index is 0.103. The lowest BCUT2D eigenvalue weighted by Gasteiger charge is -2.27. The molecule has 1 aromatic carbocycles. The highest BCUT2D eigenvalue weighted by atomic mass is 16.2. The fourth-order valence-corrected chi connectivity index (χ4v) is 2.42. The van der Waals surface area contributed by atoms with Crippen molar-refractivity contribution in [2.24, 2.45) is 0 Å². The van der Waals surface area contributed by atoms with Crippen molar-refractivity contribution in [3.05, 3.63) is 35.7 Å². The number of nitrogen functional groups attached to an aromatic ring is 1. The molecule has 1 aliphatic heterocycles. The average molecular weight is 257 g/mol. The normalized spacial score (nSPS) is 14.3. The van der Waals surface area contributed by atoms with E-state index >= 15 is 0 Å². The van der Waals surface area contributed by atoms with Crippen LogP contribution in [0.15, 0.2) is 24.5 Å². The first kappa shape index (κ1) is 11.7. The summed E-state index contributed by atoms with van der Waals surface area (Å²) in [5.74, 6) is -0.105. The molecule has 0 unspecified atom stereocenters. The van der Waals surface area contributed by atoms with E-state index in [1.165, 1.54) is 22.3 Å². The molecule has 0 fully saturated rings. The van der Waals surface area contributed by atoms with Crippen molar-refractivity contribution in [2.75, 3.05) is 24.2 Å². The van der Waals surface area contributed by atoms with Crippen LogP contribution in [0.2, 0.25) is 0 Å². The summed E-state index contributed by atoms with van der Waals surface area (Å²) >= 11 is 0. The molecular weight excluding hydrogens is 242 g/mol. The van der Waals surface area contributed by atoms with Gasteiger partial charge in [-0.3, -0.25) is 4.79 Å². The van der Waals surface area contributed by atoms with Gasteiger partial charge < -0.3 is 10.6 Å². The minimum atomic E-state index is -0.208. The Labute approximate surface area is 110 Å². The van der Waals surface area contributed by atoms with Crippen molar-refractivity contribution in [2.45, 2.75) is 12.8 Å². The Morgan fingerprint density at radius 1 is 1.42 bits per heavy atom. The molecule has 0 saturated carbocycles. The lowest BCUT2D eigenvalue weighted by atomic mass is 9.99. The van der Waals surface area contributed by atoms with E-state index in [0.29, 0.717) is 5.56 Å². The Kier molecular flexibility index (Phi) is 2.70. The number of carbonyl (C=O) groups is 1. The van der Waals surface area contributed by atoms with E-state index in [1.807, 2.05) is 18.2 Å². The van der Waals surface area contributed by atoms with Gasteiger partial charge in [-0.25, -0.2) is 4.98 Å². The number of aromatic nitrogens is 3. The molecule has 0 aliphatic carbocycles. The van der Waals surface area contributed by atoms with Crippen LogP contribution >= 0.6 is 0 Å². The number of hydrogen-bond donors (Lipinski definition) is 1. The number of nitrogens with two attached hydrogens (primary N) is 1. The van der Waals surface area contributed by atoms with Gasteiger partial charge in [0.15, 0.2) is 0 Å². The van der Waals surface area contributed by atoms with Gasteiger partial charge in [0.1, 0.15) is 6.33 Å². The highest BCUT2D eigenvalue weighted by molar-refractivity contribution is 5.96. The van der Waals surface area contributed by atoms with Crippen LogP contribution in [0.25, 0.3) is 0 Å². The SMILES string of the molecule is CN1CCCc2cc(C(=O)n3cnc(N)n3)ccc21. The Balaban J connectivity index is 1.96. The first-order valence-corrected chi connectivity index (χ1v) is 6.21. The zero-order chi connectivity index (χ0) is 13.4. The predicted molar refractivity (Wildman–Crippen MR) is 72.2 cm³/mol. The van der Waals surface area contributed by atoms with Gasteiger partial charge in [-0.15, -0.1) is 5.10 Å². The molecule has 3 rings (SSSR count). The van der Waals surface area contributed by atoms with Crippen LogP contribution in [0.4, 0.5) is 11.6 Å². The number of fused-ring (bicyclic) bond motifs is 1. The number of anilines is 2. The largest absolute Gasteiger partial charge is 0.374 e. The fraction of sp³-hybridized carbons (Fsp3) is 0.308. The maximum absolute atomic E-state index is 12.2. The molecule has 1 aromatic heterocycles. The molecule has 0 amide bonds. The van der Waals surface area contributed by atoms with Crippen LogP contribution < -0.4 is 10.6 Å². The molecule has 2 aromatic rings. The maximum atomic E-state index is 12.2. The van der Waals surface area contributed by atoms with E-state index in [-0.39, 0.29) is 11.9 Å². The fourth-order valence-electron chi connectivity index (χ4n) is 2.42. The van der Waals surface area contributed by atoms with Crippen molar-refractivity contribution in [1.82, 2.24) is 14.8 Å². The van der Waals surface area contributed by atoms with Gasteiger partial charge in [-0.2, -0.15) is 4.68 Å². The monoisotopic (exact) mass is 257 g/mol. The van der Waals surface area contributed by atoms with Crippen molar-refractivity contribution >= 4 is 17.5 Å². The van der Waals surface area contributed by atoms with Gasteiger partial charge in [0.2, 0.25) is 5.95 Å². The van der Waals surface area contributed by atoms with Crippen LogP contribution in [0.3, 0.4) is 0 Å². The van der Waals surface area contributed by atoms with Crippen molar-refractivity contribution in [3.63, 3.8) is 0 Å². The van der Waals surface area contributed by atoms with Gasteiger partial charge in [0, 0.05) is 24.8 Å². The summed E-state index contributed by atoms with van der Waals surface area (Å²) in [6.45, 7) is 1.06. The van der Waals surface area contributed by atoms with E-state index in [0.717, 1.165) is 19.4 Å². The number of rotatable bonds is 1. The van der Waals surface area contributed by atoms with Gasteiger partial charge in [0.25, 0.3) is 5.91 Å². The molecule has 19 heavy (non-hydrogen) atoms. The van der Waals surface area contributed by atoms with Crippen LogP contribution in [-0.4, -0.2) is 34.3 Å². The average Bonchev–Trinajstić information content (AvgIpc) is 2.84. The molecule has 98 valence electrons. The van der Waals surface area contributed by atoms with Gasteiger partial charge in [-0.1, -0.05) is 0 Å². The first-order valence-electron chi connectivity index (χ1n) is 6.21. The molecule has 6 nitrogen and oxygen atoms in total. The van der Waals surface area contributed by atoms with Crippen LogP contribution in [0.1, 0.15) is 22.3 Å². The molecule has 0 radical (unpaired) electrons. The maximum Gasteiger partial charge on any atom is 0.279 e. The van der Waals surface area contributed by atoms with Crippen molar-refractivity contribution < 1.29 is 4.79 Å². The van der Waals surface area contributed by atoms with E-state index in [9.17, 15) is 4.79 Å². The number of aryl methyl sites for hydroxylation is 1. The van der Waals surface area contributed by atoms with E-state index < -0.39 is 0 Å². The van der Waals surface area contributed by atoms with Gasteiger partial charge >= 0.3 is 0 Å². The summed E-state index contributed by atoms with van der Waals surface area (Å²) in [4.78, 5) is 18.2. The summed E-state index contributed by atoms with van der Waals surface area (Å²) in [6, 6.07) is 5.74. The molecule has 2 heterocycles. The topological polar surface area (TPSA) is 77.0 Å². The molecule has 0 saturated heterocycles.